The molecule has 0 amide bonds. The lowest BCUT2D eigenvalue weighted by Crippen LogP contribution is -2.67. The molecule has 24 unspecified atom stereocenters. The number of fused-ring (bicyclic) bond motifs is 7. The maximum absolute atomic E-state index is 14.8. The van der Waals surface area contributed by atoms with Crippen LogP contribution in [0.5, 0.6) is 0 Å². The molecular weight excluding hydrogens is 897 g/mol. The van der Waals surface area contributed by atoms with Crippen LogP contribution in [0.25, 0.3) is 0 Å². The molecule has 24 atom stereocenters. The van der Waals surface area contributed by atoms with Gasteiger partial charge in [0.25, 0.3) is 0 Å². The first-order valence-corrected chi connectivity index (χ1v) is 24.5. The fraction of sp³-hybridized carbons (Fsp3) is 0.917. The minimum absolute atomic E-state index is 0.0728. The average molecular weight is 973 g/mol. The molecule has 8 aliphatic rings. The van der Waals surface area contributed by atoms with E-state index in [2.05, 4.69) is 26.8 Å². The van der Waals surface area contributed by atoms with E-state index in [0.29, 0.717) is 51.4 Å². The molecule has 20 nitrogen and oxygen atoms in total. The van der Waals surface area contributed by atoms with Crippen LogP contribution in [0.1, 0.15) is 98.8 Å². The van der Waals surface area contributed by atoms with Crippen molar-refractivity contribution in [1.82, 2.24) is 0 Å². The predicted octanol–water partition coefficient (Wildman–Crippen LogP) is -1.09. The maximum atomic E-state index is 14.8. The highest BCUT2D eigenvalue weighted by atomic mass is 16.7. The molecule has 3 heterocycles. The molecule has 68 heavy (non-hydrogen) atoms. The molecule has 0 radical (unpaired) electrons. The molecule has 0 aromatic rings. The Morgan fingerprint density at radius 1 is 0.676 bits per heavy atom. The molecule has 3 aliphatic heterocycles. The SMILES string of the molecule is COC(=O)C1(C)CCC2(C(=O)OC3OC(CO)C(O)C(O)C3O)CCC3(C)C(=CCC4C5(C)CCC(OC6OCC(O)C(OC7OC(CO)C(O)C(O)C7O)C6O)C(C)(CO)C5CCC43C)C2C1. The number of allylic oxidation sites excluding steroid dienone is 2. The Labute approximate surface area is 396 Å². The van der Waals surface area contributed by atoms with Gasteiger partial charge in [-0.3, -0.25) is 9.59 Å². The first kappa shape index (κ1) is 52.4. The topological polar surface area (TPSA) is 321 Å². The largest absolute Gasteiger partial charge is 0.469 e. The van der Waals surface area contributed by atoms with E-state index in [9.17, 15) is 65.8 Å². The summed E-state index contributed by atoms with van der Waals surface area (Å²) in [4.78, 5) is 28.3. The lowest BCUT2D eigenvalue weighted by Gasteiger charge is -2.71. The third-order valence-corrected chi connectivity index (χ3v) is 19.5. The summed E-state index contributed by atoms with van der Waals surface area (Å²) in [5.74, 6) is -1.47. The Morgan fingerprint density at radius 3 is 1.91 bits per heavy atom. The van der Waals surface area contributed by atoms with E-state index < -0.39 is 139 Å². The molecule has 0 bridgehead atoms. The molecule has 11 N–H and O–H groups in total. The van der Waals surface area contributed by atoms with Gasteiger partial charge in [0.15, 0.2) is 12.6 Å². The Bertz CT molecular complexity index is 1880. The fourth-order valence-electron chi connectivity index (χ4n) is 15.1. The van der Waals surface area contributed by atoms with Crippen molar-refractivity contribution < 1.29 is 98.9 Å². The minimum Gasteiger partial charge on any atom is -0.469 e. The molecule has 7 fully saturated rings. The van der Waals surface area contributed by atoms with Crippen molar-refractivity contribution in [3.63, 3.8) is 0 Å². The Hall–Kier alpha value is -1.96. The number of ether oxygens (including phenoxy) is 7. The van der Waals surface area contributed by atoms with Crippen LogP contribution in [0.4, 0.5) is 0 Å². The van der Waals surface area contributed by atoms with Gasteiger partial charge >= 0.3 is 11.9 Å². The molecule has 388 valence electrons. The molecule has 4 saturated carbocycles. The standard InChI is InChI=1S/C48H76O20/c1-43(41(60)62-6)13-15-48(42(61)68-40-35(58)33(56)31(54)26(19-50)65-40)16-14-46(4)22(23(48)17-43)7-8-28-44(2)11-10-29(45(3,21-51)27(44)9-12-47(28,46)5)66-38-36(59)37(24(52)20-63-38)67-39-34(57)32(55)30(53)25(18-49)64-39/h7,23-40,49-59H,8-21H2,1-6H3. The minimum atomic E-state index is -1.77. The van der Waals surface area contributed by atoms with Gasteiger partial charge in [0.05, 0.1) is 50.5 Å². The lowest BCUT2D eigenvalue weighted by molar-refractivity contribution is -0.358. The Kier molecular flexibility index (Phi) is 14.5. The number of aliphatic hydroxyl groups excluding tert-OH is 11. The van der Waals surface area contributed by atoms with E-state index in [1.54, 1.807) is 0 Å². The molecule has 0 aromatic carbocycles. The van der Waals surface area contributed by atoms with Crippen LogP contribution in [0.2, 0.25) is 0 Å². The first-order valence-electron chi connectivity index (χ1n) is 24.5. The van der Waals surface area contributed by atoms with Crippen molar-refractivity contribution in [2.45, 2.75) is 191 Å². The normalized spacial score (nSPS) is 53.7. The van der Waals surface area contributed by atoms with Crippen molar-refractivity contribution in [2.75, 3.05) is 33.5 Å². The van der Waals surface area contributed by atoms with Gasteiger partial charge in [0.1, 0.15) is 67.1 Å². The Balaban J connectivity index is 1.04. The third kappa shape index (κ3) is 7.94. The number of aliphatic hydroxyl groups is 11. The van der Waals surface area contributed by atoms with Gasteiger partial charge in [-0.05, 0) is 105 Å². The van der Waals surface area contributed by atoms with E-state index >= 15 is 0 Å². The van der Waals surface area contributed by atoms with E-state index in [-0.39, 0.29) is 48.3 Å². The molecule has 0 spiro atoms. The maximum Gasteiger partial charge on any atom is 0.315 e. The number of carbonyl (C=O) groups excluding carboxylic acids is 2. The van der Waals surface area contributed by atoms with Crippen LogP contribution < -0.4 is 0 Å². The zero-order valence-corrected chi connectivity index (χ0v) is 40.0. The second-order valence-electron chi connectivity index (χ2n) is 22.7. The van der Waals surface area contributed by atoms with Gasteiger partial charge in [-0.15, -0.1) is 0 Å². The fourth-order valence-corrected chi connectivity index (χ4v) is 15.1. The number of carbonyl (C=O) groups is 2. The van der Waals surface area contributed by atoms with Gasteiger partial charge < -0.3 is 89.3 Å². The summed E-state index contributed by atoms with van der Waals surface area (Å²) < 4.78 is 40.7. The zero-order chi connectivity index (χ0) is 49.7. The number of hydrogen-bond donors (Lipinski definition) is 11. The van der Waals surface area contributed by atoms with Crippen LogP contribution in [-0.2, 0) is 42.7 Å². The summed E-state index contributed by atoms with van der Waals surface area (Å²) in [6.45, 7) is 8.79. The molecule has 5 aliphatic carbocycles. The highest BCUT2D eigenvalue weighted by Crippen LogP contribution is 2.76. The smallest absolute Gasteiger partial charge is 0.315 e. The summed E-state index contributed by atoms with van der Waals surface area (Å²) in [6.07, 6.45) is -15.1. The first-order chi connectivity index (χ1) is 31.9. The molecule has 20 heteroatoms. The Morgan fingerprint density at radius 2 is 1.29 bits per heavy atom. The van der Waals surface area contributed by atoms with Crippen LogP contribution in [0.3, 0.4) is 0 Å². The van der Waals surface area contributed by atoms with Gasteiger partial charge in [-0.1, -0.05) is 39.3 Å². The molecule has 8 rings (SSSR count). The second-order valence-corrected chi connectivity index (χ2v) is 22.7. The summed E-state index contributed by atoms with van der Waals surface area (Å²) >= 11 is 0. The van der Waals surface area contributed by atoms with Crippen molar-refractivity contribution in [1.29, 1.82) is 0 Å². The molecular formula is C48H76O20. The number of methoxy groups -OCH3 is 1. The van der Waals surface area contributed by atoms with Crippen molar-refractivity contribution in [2.24, 2.45) is 50.2 Å². The summed E-state index contributed by atoms with van der Waals surface area (Å²) in [5.41, 5.74) is -2.95. The third-order valence-electron chi connectivity index (χ3n) is 19.5. The predicted molar refractivity (Wildman–Crippen MR) is 232 cm³/mol. The van der Waals surface area contributed by atoms with Crippen molar-refractivity contribution >= 4 is 11.9 Å². The van der Waals surface area contributed by atoms with Crippen LogP contribution in [0.15, 0.2) is 11.6 Å². The highest BCUT2D eigenvalue weighted by Gasteiger charge is 2.71. The van der Waals surface area contributed by atoms with Crippen LogP contribution >= 0.6 is 0 Å². The summed E-state index contributed by atoms with van der Waals surface area (Å²) in [6, 6.07) is 0. The summed E-state index contributed by atoms with van der Waals surface area (Å²) in [5, 5.41) is 116. The number of rotatable bonds is 10. The van der Waals surface area contributed by atoms with Gasteiger partial charge in [-0.25, -0.2) is 0 Å². The van der Waals surface area contributed by atoms with E-state index in [0.717, 1.165) is 12.0 Å². The van der Waals surface area contributed by atoms with Gasteiger partial charge in [0.2, 0.25) is 6.29 Å². The number of hydrogen-bond acceptors (Lipinski definition) is 20. The van der Waals surface area contributed by atoms with Crippen LogP contribution in [-0.4, -0.2) is 194 Å². The molecule has 0 aromatic heterocycles. The van der Waals surface area contributed by atoms with Crippen LogP contribution in [0, 0.1) is 50.2 Å². The lowest BCUT2D eigenvalue weighted by atomic mass is 9.33. The molecule has 3 saturated heterocycles. The quantitative estimate of drug-likeness (QED) is 0.0704. The highest BCUT2D eigenvalue weighted by molar-refractivity contribution is 5.81. The van der Waals surface area contributed by atoms with Gasteiger partial charge in [-0.2, -0.15) is 0 Å². The zero-order valence-electron chi connectivity index (χ0n) is 40.0. The summed E-state index contributed by atoms with van der Waals surface area (Å²) in [7, 11) is 1.35. The second kappa shape index (κ2) is 18.8. The van der Waals surface area contributed by atoms with E-state index in [4.69, 9.17) is 33.2 Å². The number of esters is 2. The van der Waals surface area contributed by atoms with Gasteiger partial charge in [0, 0.05) is 5.41 Å². The average Bonchev–Trinajstić information content (AvgIpc) is 3.31. The van der Waals surface area contributed by atoms with Crippen molar-refractivity contribution in [3.05, 3.63) is 11.6 Å². The van der Waals surface area contributed by atoms with E-state index in [1.807, 2.05) is 13.8 Å². The van der Waals surface area contributed by atoms with Crippen molar-refractivity contribution in [3.8, 4) is 0 Å². The van der Waals surface area contributed by atoms with E-state index in [1.165, 1.54) is 7.11 Å². The monoisotopic (exact) mass is 972 g/mol.